The number of benzene rings is 1. The van der Waals surface area contributed by atoms with Crippen LogP contribution in [0.2, 0.25) is 0 Å². The monoisotopic (exact) mass is 275 g/mol. The van der Waals surface area contributed by atoms with Gasteiger partial charge in [0.25, 0.3) is 0 Å². The topological polar surface area (TPSA) is 62.4 Å². The summed E-state index contributed by atoms with van der Waals surface area (Å²) in [5, 5.41) is 0. The molecule has 2 N–H and O–H groups in total. The number of para-hydroxylation sites is 1. The zero-order chi connectivity index (χ0) is 11.5. The molecule has 0 saturated heterocycles. The number of nitrogens with two attached hydrogens (primary N) is 1. The molecule has 1 aliphatic carbocycles. The van der Waals surface area contributed by atoms with Crippen LogP contribution in [0.1, 0.15) is 12.0 Å². The Hall–Kier alpha value is -1.64. The Morgan fingerprint density at radius 1 is 1.25 bits per heavy atom. The molecule has 0 spiro atoms. The van der Waals surface area contributed by atoms with E-state index in [9.17, 15) is 0 Å². The predicted molar refractivity (Wildman–Crippen MR) is 69.1 cm³/mol. The Morgan fingerprint density at radius 3 is 2.69 bits per heavy atom. The number of nitrogen functional groups attached to an aromatic ring is 1. The maximum absolute atomic E-state index is 8.99. The van der Waals surface area contributed by atoms with Crippen molar-refractivity contribution >= 4 is 32.9 Å². The van der Waals surface area contributed by atoms with Gasteiger partial charge in [0.2, 0.25) is 0 Å². The lowest BCUT2D eigenvalue weighted by atomic mass is 9.94. The fraction of sp³-hybridized carbons (Fsp3) is 0.0833. The van der Waals surface area contributed by atoms with Gasteiger partial charge in [-0.25, -0.2) is 0 Å². The summed E-state index contributed by atoms with van der Waals surface area (Å²) in [6, 6.07) is 7.54. The number of rotatable bonds is 1. The van der Waals surface area contributed by atoms with E-state index in [0.29, 0.717) is 17.8 Å². The predicted octanol–water partition coefficient (Wildman–Crippen LogP) is 3.01. The first kappa shape index (κ1) is 10.9. The SMILES string of the molecule is [N-]=[N+]=C1CC(Br)=CC=C1c1ccccc1N. The van der Waals surface area contributed by atoms with Crippen molar-refractivity contribution in [2.45, 2.75) is 6.42 Å². The zero-order valence-corrected chi connectivity index (χ0v) is 10.1. The molecule has 16 heavy (non-hydrogen) atoms. The summed E-state index contributed by atoms with van der Waals surface area (Å²) in [5.41, 5.74) is 17.9. The molecule has 1 aromatic rings. The van der Waals surface area contributed by atoms with Crippen LogP contribution in [0.25, 0.3) is 11.1 Å². The second-order valence-corrected chi connectivity index (χ2v) is 4.52. The van der Waals surface area contributed by atoms with Gasteiger partial charge in [-0.05, 0) is 12.1 Å². The molecule has 0 saturated carbocycles. The molecule has 0 unspecified atom stereocenters. The molecule has 0 aromatic heterocycles. The van der Waals surface area contributed by atoms with E-state index in [2.05, 4.69) is 20.7 Å². The lowest BCUT2D eigenvalue weighted by molar-refractivity contribution is -0.00451. The van der Waals surface area contributed by atoms with Gasteiger partial charge in [0.05, 0.1) is 12.0 Å². The number of halogens is 1. The van der Waals surface area contributed by atoms with Gasteiger partial charge in [-0.3, -0.25) is 0 Å². The summed E-state index contributed by atoms with van der Waals surface area (Å²) in [6.07, 6.45) is 4.42. The van der Waals surface area contributed by atoms with Crippen molar-refractivity contribution < 1.29 is 4.79 Å². The van der Waals surface area contributed by atoms with E-state index in [1.165, 1.54) is 0 Å². The second-order valence-electron chi connectivity index (χ2n) is 3.50. The third-order valence-electron chi connectivity index (χ3n) is 2.45. The Labute approximate surface area is 102 Å². The highest BCUT2D eigenvalue weighted by atomic mass is 79.9. The minimum atomic E-state index is 0.580. The number of allylic oxidation sites excluding steroid dienone is 4. The number of anilines is 1. The summed E-state index contributed by atoms with van der Waals surface area (Å²) in [5.74, 6) is 0. The molecule has 0 bridgehead atoms. The van der Waals surface area contributed by atoms with Gasteiger partial charge >= 0.3 is 5.71 Å². The molecule has 0 fully saturated rings. The Bertz CT molecular complexity index is 537. The molecule has 0 atom stereocenters. The highest BCUT2D eigenvalue weighted by molar-refractivity contribution is 9.11. The third kappa shape index (κ3) is 1.98. The molecule has 3 nitrogen and oxygen atoms in total. The van der Waals surface area contributed by atoms with Gasteiger partial charge in [-0.1, -0.05) is 40.2 Å². The van der Waals surface area contributed by atoms with Crippen molar-refractivity contribution in [3.05, 3.63) is 52.0 Å². The van der Waals surface area contributed by atoms with Gasteiger partial charge in [0, 0.05) is 15.7 Å². The largest absolute Gasteiger partial charge is 0.398 e. The summed E-state index contributed by atoms with van der Waals surface area (Å²) < 4.78 is 0.985. The fourth-order valence-electron chi connectivity index (χ4n) is 1.66. The van der Waals surface area contributed by atoms with Crippen LogP contribution in [0.4, 0.5) is 5.69 Å². The summed E-state index contributed by atoms with van der Waals surface area (Å²) in [7, 11) is 0. The zero-order valence-electron chi connectivity index (χ0n) is 8.52. The Morgan fingerprint density at radius 2 is 2.00 bits per heavy atom. The first-order valence-electron chi connectivity index (χ1n) is 4.85. The highest BCUT2D eigenvalue weighted by Crippen LogP contribution is 2.29. The molecular weight excluding hydrogens is 266 g/mol. The van der Waals surface area contributed by atoms with Gasteiger partial charge in [0.1, 0.15) is 0 Å². The third-order valence-corrected chi connectivity index (χ3v) is 2.99. The lowest BCUT2D eigenvalue weighted by Crippen LogP contribution is -2.08. The normalized spacial score (nSPS) is 15.2. The van der Waals surface area contributed by atoms with Crippen molar-refractivity contribution in [1.82, 2.24) is 0 Å². The van der Waals surface area contributed by atoms with E-state index in [1.807, 2.05) is 36.4 Å². The number of nitrogens with zero attached hydrogens (tertiary/aromatic N) is 2. The van der Waals surface area contributed by atoms with E-state index < -0.39 is 0 Å². The van der Waals surface area contributed by atoms with Gasteiger partial charge < -0.3 is 11.3 Å². The van der Waals surface area contributed by atoms with E-state index in [-0.39, 0.29) is 0 Å². The van der Waals surface area contributed by atoms with Crippen LogP contribution in [0, 0.1) is 0 Å². The second kappa shape index (κ2) is 4.47. The standard InChI is InChI=1S/C12H10BrN3/c13-8-5-6-10(12(7-8)16-15)9-3-1-2-4-11(9)14/h1-6H,7,14H2. The number of hydrogen-bond acceptors (Lipinski definition) is 1. The van der Waals surface area contributed by atoms with E-state index in [0.717, 1.165) is 15.6 Å². The molecule has 2 rings (SSSR count). The van der Waals surface area contributed by atoms with E-state index in [1.54, 1.807) is 0 Å². The molecule has 1 aliphatic rings. The minimum Gasteiger partial charge on any atom is -0.398 e. The van der Waals surface area contributed by atoms with Crippen LogP contribution in [-0.2, 0) is 0 Å². The first-order valence-corrected chi connectivity index (χ1v) is 5.64. The maximum Gasteiger partial charge on any atom is 0.304 e. The van der Waals surface area contributed by atoms with Crippen LogP contribution in [-0.4, -0.2) is 10.5 Å². The molecule has 80 valence electrons. The molecular formula is C12H10BrN3. The summed E-state index contributed by atoms with van der Waals surface area (Å²) in [4.78, 5) is 3.32. The van der Waals surface area contributed by atoms with Crippen LogP contribution in [0.3, 0.4) is 0 Å². The quantitative estimate of drug-likeness (QED) is 0.478. The van der Waals surface area contributed by atoms with Crippen molar-refractivity contribution in [3.8, 4) is 0 Å². The van der Waals surface area contributed by atoms with Crippen LogP contribution in [0.15, 0.2) is 40.9 Å². The highest BCUT2D eigenvalue weighted by Gasteiger charge is 2.22. The van der Waals surface area contributed by atoms with Gasteiger partial charge in [-0.2, -0.15) is 4.79 Å². The Balaban J connectivity index is 2.56. The van der Waals surface area contributed by atoms with Crippen molar-refractivity contribution in [2.75, 3.05) is 5.73 Å². The van der Waals surface area contributed by atoms with Crippen molar-refractivity contribution in [2.24, 2.45) is 0 Å². The lowest BCUT2D eigenvalue weighted by Gasteiger charge is -2.09. The molecule has 4 heteroatoms. The Kier molecular flexibility index (Phi) is 3.04. The molecule has 0 radical (unpaired) electrons. The van der Waals surface area contributed by atoms with E-state index in [4.69, 9.17) is 11.3 Å². The average Bonchev–Trinajstić information content (AvgIpc) is 2.30. The first-order chi connectivity index (χ1) is 7.72. The molecule has 0 heterocycles. The van der Waals surface area contributed by atoms with Crippen molar-refractivity contribution in [3.63, 3.8) is 0 Å². The fourth-order valence-corrected chi connectivity index (χ4v) is 2.06. The average molecular weight is 276 g/mol. The van der Waals surface area contributed by atoms with Crippen molar-refractivity contribution in [1.29, 1.82) is 0 Å². The minimum absolute atomic E-state index is 0.580. The molecule has 1 aromatic carbocycles. The van der Waals surface area contributed by atoms with Gasteiger partial charge in [0.15, 0.2) is 0 Å². The maximum atomic E-state index is 8.99. The van der Waals surface area contributed by atoms with Crippen LogP contribution < -0.4 is 5.73 Å². The van der Waals surface area contributed by atoms with E-state index >= 15 is 0 Å². The van der Waals surface area contributed by atoms with Crippen LogP contribution >= 0.6 is 15.9 Å². The summed E-state index contributed by atoms with van der Waals surface area (Å²) >= 11 is 3.38. The molecule has 0 amide bonds. The van der Waals surface area contributed by atoms with Crippen LogP contribution in [0.5, 0.6) is 0 Å². The molecule has 0 aliphatic heterocycles. The summed E-state index contributed by atoms with van der Waals surface area (Å²) in [6.45, 7) is 0. The number of hydrogen-bond donors (Lipinski definition) is 1. The van der Waals surface area contributed by atoms with Gasteiger partial charge in [-0.15, -0.1) is 0 Å². The smallest absolute Gasteiger partial charge is 0.304 e.